The Bertz CT molecular complexity index is 774. The SMILES string of the molecule is Cc1cccc(C2SCC(=O)N2CCN(C(=O)c2cccs2)C(C)C)c1. The van der Waals surface area contributed by atoms with E-state index < -0.39 is 0 Å². The molecule has 0 radical (unpaired) electrons. The van der Waals surface area contributed by atoms with Crippen LogP contribution < -0.4 is 0 Å². The first-order valence-electron chi connectivity index (χ1n) is 8.79. The van der Waals surface area contributed by atoms with Crippen molar-refractivity contribution in [3.8, 4) is 0 Å². The number of thioether (sulfide) groups is 1. The Morgan fingerprint density at radius 3 is 2.77 bits per heavy atom. The zero-order valence-corrected chi connectivity index (χ0v) is 17.0. The van der Waals surface area contributed by atoms with Gasteiger partial charge in [0.05, 0.1) is 10.6 Å². The quantitative estimate of drug-likeness (QED) is 0.745. The fourth-order valence-electron chi connectivity index (χ4n) is 3.15. The Morgan fingerprint density at radius 2 is 2.12 bits per heavy atom. The second-order valence-electron chi connectivity index (χ2n) is 6.73. The van der Waals surface area contributed by atoms with Crippen molar-refractivity contribution in [2.45, 2.75) is 32.2 Å². The van der Waals surface area contributed by atoms with Gasteiger partial charge in [-0.2, -0.15) is 0 Å². The van der Waals surface area contributed by atoms with Gasteiger partial charge >= 0.3 is 0 Å². The molecule has 26 heavy (non-hydrogen) atoms. The first-order chi connectivity index (χ1) is 12.5. The molecule has 1 aromatic carbocycles. The lowest BCUT2D eigenvalue weighted by Gasteiger charge is -2.31. The number of thiophene rings is 1. The third-order valence-corrected chi connectivity index (χ3v) is 6.61. The molecule has 3 rings (SSSR count). The Kier molecular flexibility index (Phi) is 6.04. The molecule has 0 bridgehead atoms. The molecule has 6 heteroatoms. The van der Waals surface area contributed by atoms with Crippen LogP contribution in [0.25, 0.3) is 0 Å². The van der Waals surface area contributed by atoms with Crippen LogP contribution in [0.4, 0.5) is 0 Å². The molecule has 2 amide bonds. The molecule has 1 aromatic heterocycles. The molecule has 1 unspecified atom stereocenters. The van der Waals surface area contributed by atoms with Crippen LogP contribution in [0.15, 0.2) is 41.8 Å². The highest BCUT2D eigenvalue weighted by Crippen LogP contribution is 2.38. The van der Waals surface area contributed by atoms with Gasteiger partial charge in [-0.05, 0) is 37.8 Å². The van der Waals surface area contributed by atoms with Crippen LogP contribution in [0.2, 0.25) is 0 Å². The normalized spacial score (nSPS) is 17.2. The molecule has 0 aliphatic carbocycles. The van der Waals surface area contributed by atoms with E-state index >= 15 is 0 Å². The predicted molar refractivity (Wildman–Crippen MR) is 109 cm³/mol. The van der Waals surface area contributed by atoms with Crippen LogP contribution in [0.3, 0.4) is 0 Å². The number of amides is 2. The first-order valence-corrected chi connectivity index (χ1v) is 10.7. The monoisotopic (exact) mass is 388 g/mol. The number of benzene rings is 1. The molecular formula is C20H24N2O2S2. The predicted octanol–water partition coefficient (Wildman–Crippen LogP) is 4.18. The van der Waals surface area contributed by atoms with Gasteiger partial charge in [0.15, 0.2) is 0 Å². The van der Waals surface area contributed by atoms with Crippen LogP contribution in [-0.4, -0.2) is 46.5 Å². The highest BCUT2D eigenvalue weighted by molar-refractivity contribution is 8.00. The van der Waals surface area contributed by atoms with Crippen molar-refractivity contribution in [1.29, 1.82) is 0 Å². The summed E-state index contributed by atoms with van der Waals surface area (Å²) in [6.07, 6.45) is 0. The molecule has 2 aromatic rings. The molecule has 0 N–H and O–H groups in total. The number of carbonyl (C=O) groups excluding carboxylic acids is 2. The Labute approximate surface area is 163 Å². The van der Waals surface area contributed by atoms with Gasteiger partial charge < -0.3 is 9.80 Å². The van der Waals surface area contributed by atoms with Gasteiger partial charge in [0, 0.05) is 19.1 Å². The van der Waals surface area contributed by atoms with Gasteiger partial charge in [0.2, 0.25) is 5.91 Å². The van der Waals surface area contributed by atoms with Gasteiger partial charge in [0.1, 0.15) is 5.37 Å². The van der Waals surface area contributed by atoms with Crippen molar-refractivity contribution in [2.24, 2.45) is 0 Å². The summed E-state index contributed by atoms with van der Waals surface area (Å²) in [6.45, 7) is 7.20. The lowest BCUT2D eigenvalue weighted by atomic mass is 10.1. The summed E-state index contributed by atoms with van der Waals surface area (Å²) >= 11 is 3.12. The maximum Gasteiger partial charge on any atom is 0.264 e. The number of nitrogens with zero attached hydrogens (tertiary/aromatic N) is 2. The third kappa shape index (κ3) is 4.13. The summed E-state index contributed by atoms with van der Waals surface area (Å²) < 4.78 is 0. The topological polar surface area (TPSA) is 40.6 Å². The highest BCUT2D eigenvalue weighted by atomic mass is 32.2. The zero-order chi connectivity index (χ0) is 18.7. The average Bonchev–Trinajstić information content (AvgIpc) is 3.25. The van der Waals surface area contributed by atoms with E-state index in [-0.39, 0.29) is 23.2 Å². The second kappa shape index (κ2) is 8.27. The second-order valence-corrected chi connectivity index (χ2v) is 8.75. The van der Waals surface area contributed by atoms with Gasteiger partial charge in [-0.15, -0.1) is 23.1 Å². The van der Waals surface area contributed by atoms with E-state index in [4.69, 9.17) is 0 Å². The zero-order valence-electron chi connectivity index (χ0n) is 15.3. The van der Waals surface area contributed by atoms with Gasteiger partial charge in [0.25, 0.3) is 5.91 Å². The van der Waals surface area contributed by atoms with E-state index in [1.54, 1.807) is 11.8 Å². The Morgan fingerprint density at radius 1 is 1.31 bits per heavy atom. The van der Waals surface area contributed by atoms with E-state index in [9.17, 15) is 9.59 Å². The maximum absolute atomic E-state index is 12.8. The Balaban J connectivity index is 1.73. The molecule has 1 aliphatic rings. The van der Waals surface area contributed by atoms with Crippen molar-refractivity contribution in [2.75, 3.05) is 18.8 Å². The smallest absolute Gasteiger partial charge is 0.264 e. The molecule has 2 heterocycles. The minimum Gasteiger partial charge on any atom is -0.334 e. The number of aryl methyl sites for hydroxylation is 1. The van der Waals surface area contributed by atoms with Gasteiger partial charge in [-0.3, -0.25) is 9.59 Å². The maximum atomic E-state index is 12.8. The van der Waals surface area contributed by atoms with Crippen molar-refractivity contribution < 1.29 is 9.59 Å². The van der Waals surface area contributed by atoms with E-state index in [1.165, 1.54) is 16.9 Å². The lowest BCUT2D eigenvalue weighted by Crippen LogP contribution is -2.43. The van der Waals surface area contributed by atoms with E-state index in [0.29, 0.717) is 18.8 Å². The Hall–Kier alpha value is -1.79. The summed E-state index contributed by atoms with van der Waals surface area (Å²) in [7, 11) is 0. The van der Waals surface area contributed by atoms with Crippen LogP contribution in [0.1, 0.15) is 40.0 Å². The van der Waals surface area contributed by atoms with Gasteiger partial charge in [-0.1, -0.05) is 35.9 Å². The van der Waals surface area contributed by atoms with Crippen LogP contribution in [0.5, 0.6) is 0 Å². The number of hydrogen-bond donors (Lipinski definition) is 0. The minimum absolute atomic E-state index is 0.0354. The van der Waals surface area contributed by atoms with Crippen LogP contribution in [-0.2, 0) is 4.79 Å². The fourth-order valence-corrected chi connectivity index (χ4v) is 5.03. The molecule has 1 fully saturated rings. The minimum atomic E-state index is 0.0354. The molecule has 4 nitrogen and oxygen atoms in total. The summed E-state index contributed by atoms with van der Waals surface area (Å²) in [5, 5.41) is 1.95. The fraction of sp³-hybridized carbons (Fsp3) is 0.400. The van der Waals surface area contributed by atoms with E-state index in [0.717, 1.165) is 10.4 Å². The van der Waals surface area contributed by atoms with Crippen LogP contribution >= 0.6 is 23.1 Å². The number of carbonyl (C=O) groups is 2. The summed E-state index contributed by atoms with van der Waals surface area (Å²) in [5.74, 6) is 0.689. The first kappa shape index (κ1) is 19.0. The summed E-state index contributed by atoms with van der Waals surface area (Å²) in [6, 6.07) is 12.2. The molecule has 1 saturated heterocycles. The number of rotatable bonds is 6. The molecule has 138 valence electrons. The third-order valence-electron chi connectivity index (χ3n) is 4.49. The molecule has 1 atom stereocenters. The molecule has 1 aliphatic heterocycles. The lowest BCUT2D eigenvalue weighted by molar-refractivity contribution is -0.128. The number of hydrogen-bond acceptors (Lipinski definition) is 4. The van der Waals surface area contributed by atoms with Crippen molar-refractivity contribution in [1.82, 2.24) is 9.80 Å². The summed E-state index contributed by atoms with van der Waals surface area (Å²) in [4.78, 5) is 29.7. The summed E-state index contributed by atoms with van der Waals surface area (Å²) in [5.41, 5.74) is 2.35. The highest BCUT2D eigenvalue weighted by Gasteiger charge is 2.33. The van der Waals surface area contributed by atoms with Crippen LogP contribution in [0, 0.1) is 6.92 Å². The van der Waals surface area contributed by atoms with Crippen molar-refractivity contribution in [3.05, 3.63) is 57.8 Å². The van der Waals surface area contributed by atoms with E-state index in [2.05, 4.69) is 25.1 Å². The van der Waals surface area contributed by atoms with E-state index in [1.807, 2.05) is 47.2 Å². The largest absolute Gasteiger partial charge is 0.334 e. The molecular weight excluding hydrogens is 364 g/mol. The van der Waals surface area contributed by atoms with Crippen molar-refractivity contribution >= 4 is 34.9 Å². The van der Waals surface area contributed by atoms with Crippen molar-refractivity contribution in [3.63, 3.8) is 0 Å². The molecule has 0 spiro atoms. The molecule has 0 saturated carbocycles. The average molecular weight is 389 g/mol. The standard InChI is InChI=1S/C20H24N2O2S2/c1-14(2)21(19(24)17-8-5-11-25-17)9-10-22-18(23)13-26-20(22)16-7-4-6-15(3)12-16/h4-8,11-12,14,20H,9-10,13H2,1-3H3. The van der Waals surface area contributed by atoms with Gasteiger partial charge in [-0.25, -0.2) is 0 Å².